The molecule has 4 heteroatoms. The van der Waals surface area contributed by atoms with Crippen LogP contribution in [-0.2, 0) is 6.54 Å². The number of aryl methyl sites for hydroxylation is 2. The molecule has 0 fully saturated rings. The Hall–Kier alpha value is -2.10. The summed E-state index contributed by atoms with van der Waals surface area (Å²) in [6.45, 7) is 7.51. The van der Waals surface area contributed by atoms with Crippen LogP contribution in [0.4, 0.5) is 5.95 Å². The Bertz CT molecular complexity index is 532. The normalized spacial score (nSPS) is 10.3. The molecule has 2 rings (SSSR count). The number of ether oxygens (including phenoxy) is 1. The Morgan fingerprint density at radius 3 is 2.30 bits per heavy atom. The minimum absolute atomic E-state index is 0.675. The second-order valence-electron chi connectivity index (χ2n) is 4.82. The predicted molar refractivity (Wildman–Crippen MR) is 81.1 cm³/mol. The monoisotopic (exact) mass is 271 g/mol. The van der Waals surface area contributed by atoms with Gasteiger partial charge in [0.25, 0.3) is 0 Å². The quantitative estimate of drug-likeness (QED) is 0.873. The number of rotatable bonds is 6. The zero-order valence-electron chi connectivity index (χ0n) is 12.3. The minimum atomic E-state index is 0.675. The average Bonchev–Trinajstić information content (AvgIpc) is 2.43. The van der Waals surface area contributed by atoms with Gasteiger partial charge in [0.1, 0.15) is 5.75 Å². The Morgan fingerprint density at radius 1 is 1.05 bits per heavy atom. The van der Waals surface area contributed by atoms with Crippen LogP contribution in [0.3, 0.4) is 0 Å². The molecule has 0 aliphatic carbocycles. The van der Waals surface area contributed by atoms with Crippen molar-refractivity contribution in [2.75, 3.05) is 11.9 Å². The maximum absolute atomic E-state index is 5.56. The van der Waals surface area contributed by atoms with E-state index in [9.17, 15) is 0 Å². The molecule has 0 aliphatic rings. The summed E-state index contributed by atoms with van der Waals surface area (Å²) in [6.07, 6.45) is 1.02. The molecule has 0 atom stereocenters. The molecular weight excluding hydrogens is 250 g/mol. The van der Waals surface area contributed by atoms with Crippen molar-refractivity contribution in [3.63, 3.8) is 0 Å². The second-order valence-corrected chi connectivity index (χ2v) is 4.82. The largest absolute Gasteiger partial charge is 0.494 e. The topological polar surface area (TPSA) is 47.0 Å². The van der Waals surface area contributed by atoms with Crippen LogP contribution in [0.5, 0.6) is 5.75 Å². The predicted octanol–water partition coefficient (Wildman–Crippen LogP) is 3.49. The zero-order chi connectivity index (χ0) is 14.4. The highest BCUT2D eigenvalue weighted by atomic mass is 16.5. The summed E-state index contributed by atoms with van der Waals surface area (Å²) in [5.41, 5.74) is 3.13. The van der Waals surface area contributed by atoms with Gasteiger partial charge in [0.05, 0.1) is 6.61 Å². The van der Waals surface area contributed by atoms with E-state index in [1.54, 1.807) is 0 Å². The zero-order valence-corrected chi connectivity index (χ0v) is 12.3. The van der Waals surface area contributed by atoms with Crippen LogP contribution in [0.15, 0.2) is 30.3 Å². The lowest BCUT2D eigenvalue weighted by atomic mass is 10.2. The van der Waals surface area contributed by atoms with Crippen LogP contribution in [0.25, 0.3) is 0 Å². The summed E-state index contributed by atoms with van der Waals surface area (Å²) in [4.78, 5) is 8.72. The number of benzene rings is 1. The van der Waals surface area contributed by atoms with Crippen LogP contribution in [0.2, 0.25) is 0 Å². The van der Waals surface area contributed by atoms with Gasteiger partial charge in [0, 0.05) is 17.9 Å². The summed E-state index contributed by atoms with van der Waals surface area (Å²) >= 11 is 0. The van der Waals surface area contributed by atoms with Crippen LogP contribution >= 0.6 is 0 Å². The Morgan fingerprint density at radius 2 is 1.70 bits per heavy atom. The molecule has 1 aromatic heterocycles. The Kier molecular flexibility index (Phi) is 4.93. The number of nitrogens with one attached hydrogen (secondary N) is 1. The molecule has 0 aliphatic heterocycles. The molecule has 4 nitrogen and oxygen atoms in total. The summed E-state index contributed by atoms with van der Waals surface area (Å²) < 4.78 is 5.56. The molecule has 106 valence electrons. The van der Waals surface area contributed by atoms with Crippen molar-refractivity contribution in [3.8, 4) is 5.75 Å². The average molecular weight is 271 g/mol. The number of aromatic nitrogens is 2. The van der Waals surface area contributed by atoms with Crippen molar-refractivity contribution < 1.29 is 4.74 Å². The van der Waals surface area contributed by atoms with E-state index in [0.29, 0.717) is 12.5 Å². The highest BCUT2D eigenvalue weighted by molar-refractivity contribution is 5.32. The molecule has 0 radical (unpaired) electrons. The van der Waals surface area contributed by atoms with Crippen molar-refractivity contribution in [1.82, 2.24) is 9.97 Å². The number of nitrogens with zero attached hydrogens (tertiary/aromatic N) is 2. The van der Waals surface area contributed by atoms with E-state index in [2.05, 4.69) is 34.3 Å². The van der Waals surface area contributed by atoms with Gasteiger partial charge in [-0.25, -0.2) is 9.97 Å². The molecule has 0 bridgehead atoms. The van der Waals surface area contributed by atoms with Crippen LogP contribution < -0.4 is 10.1 Å². The van der Waals surface area contributed by atoms with E-state index in [-0.39, 0.29) is 0 Å². The number of hydrogen-bond donors (Lipinski definition) is 1. The van der Waals surface area contributed by atoms with Crippen molar-refractivity contribution in [2.45, 2.75) is 33.7 Å². The van der Waals surface area contributed by atoms with Crippen molar-refractivity contribution in [1.29, 1.82) is 0 Å². The standard InChI is InChI=1S/C16H21N3O/c1-4-9-20-15-7-5-14(6-8-15)11-17-16-18-12(2)10-13(3)19-16/h5-8,10H,4,9,11H2,1-3H3,(H,17,18,19). The lowest BCUT2D eigenvalue weighted by Crippen LogP contribution is -2.05. The minimum Gasteiger partial charge on any atom is -0.494 e. The first-order valence-electron chi connectivity index (χ1n) is 6.95. The molecule has 0 unspecified atom stereocenters. The van der Waals surface area contributed by atoms with Crippen molar-refractivity contribution in [2.24, 2.45) is 0 Å². The molecule has 0 saturated heterocycles. The third-order valence-electron chi connectivity index (χ3n) is 2.83. The Labute approximate surface area is 120 Å². The first-order valence-corrected chi connectivity index (χ1v) is 6.95. The van der Waals surface area contributed by atoms with Gasteiger partial charge >= 0.3 is 0 Å². The van der Waals surface area contributed by atoms with E-state index in [4.69, 9.17) is 4.74 Å². The van der Waals surface area contributed by atoms with E-state index in [1.165, 1.54) is 5.56 Å². The lowest BCUT2D eigenvalue weighted by Gasteiger charge is -2.08. The van der Waals surface area contributed by atoms with Crippen LogP contribution in [-0.4, -0.2) is 16.6 Å². The van der Waals surface area contributed by atoms with Gasteiger partial charge in [-0.05, 0) is 44.0 Å². The summed E-state index contributed by atoms with van der Waals surface area (Å²) in [7, 11) is 0. The van der Waals surface area contributed by atoms with Gasteiger partial charge in [0.15, 0.2) is 0 Å². The van der Waals surface area contributed by atoms with Gasteiger partial charge in [0.2, 0.25) is 5.95 Å². The Balaban J connectivity index is 1.93. The van der Waals surface area contributed by atoms with E-state index in [0.717, 1.165) is 30.2 Å². The van der Waals surface area contributed by atoms with Crippen molar-refractivity contribution >= 4 is 5.95 Å². The van der Waals surface area contributed by atoms with E-state index >= 15 is 0 Å². The van der Waals surface area contributed by atoms with Gasteiger partial charge in [-0.3, -0.25) is 0 Å². The van der Waals surface area contributed by atoms with Gasteiger partial charge in [-0.2, -0.15) is 0 Å². The van der Waals surface area contributed by atoms with Gasteiger partial charge in [-0.1, -0.05) is 19.1 Å². The smallest absolute Gasteiger partial charge is 0.223 e. The molecule has 2 aromatic rings. The first-order chi connectivity index (χ1) is 9.67. The molecule has 0 spiro atoms. The molecule has 1 N–H and O–H groups in total. The number of anilines is 1. The highest BCUT2D eigenvalue weighted by Gasteiger charge is 2.00. The maximum Gasteiger partial charge on any atom is 0.223 e. The molecule has 0 amide bonds. The fourth-order valence-electron chi connectivity index (χ4n) is 1.91. The van der Waals surface area contributed by atoms with E-state index in [1.807, 2.05) is 32.0 Å². The lowest BCUT2D eigenvalue weighted by molar-refractivity contribution is 0.317. The highest BCUT2D eigenvalue weighted by Crippen LogP contribution is 2.13. The van der Waals surface area contributed by atoms with Gasteiger partial charge < -0.3 is 10.1 Å². The maximum atomic E-state index is 5.56. The fraction of sp³-hybridized carbons (Fsp3) is 0.375. The third-order valence-corrected chi connectivity index (χ3v) is 2.83. The molecule has 1 aromatic carbocycles. The van der Waals surface area contributed by atoms with Crippen LogP contribution in [0.1, 0.15) is 30.3 Å². The second kappa shape index (κ2) is 6.89. The molecule has 0 saturated carbocycles. The summed E-state index contributed by atoms with van der Waals surface area (Å²) in [5, 5.41) is 3.24. The van der Waals surface area contributed by atoms with Gasteiger partial charge in [-0.15, -0.1) is 0 Å². The molecule has 1 heterocycles. The fourth-order valence-corrected chi connectivity index (χ4v) is 1.91. The van der Waals surface area contributed by atoms with Crippen LogP contribution in [0, 0.1) is 13.8 Å². The van der Waals surface area contributed by atoms with E-state index < -0.39 is 0 Å². The third kappa shape index (κ3) is 4.23. The first kappa shape index (κ1) is 14.3. The molecular formula is C16H21N3O. The van der Waals surface area contributed by atoms with Crippen molar-refractivity contribution in [3.05, 3.63) is 47.3 Å². The SMILES string of the molecule is CCCOc1ccc(CNc2nc(C)cc(C)n2)cc1. The summed E-state index contributed by atoms with van der Waals surface area (Å²) in [5.74, 6) is 1.59. The summed E-state index contributed by atoms with van der Waals surface area (Å²) in [6, 6.07) is 10.1. The number of hydrogen-bond acceptors (Lipinski definition) is 4. The molecule has 20 heavy (non-hydrogen) atoms.